The van der Waals surface area contributed by atoms with Crippen molar-refractivity contribution in [1.29, 1.82) is 0 Å². The highest BCUT2D eigenvalue weighted by atomic mass is 32.2. The first-order valence-electron chi connectivity index (χ1n) is 5.66. The molecule has 0 aliphatic heterocycles. The number of sulfonamides is 1. The lowest BCUT2D eigenvalue weighted by Crippen LogP contribution is -2.14. The molecule has 0 bridgehead atoms. The maximum absolute atomic E-state index is 11.4. The van der Waals surface area contributed by atoms with Gasteiger partial charge in [0.1, 0.15) is 0 Å². The lowest BCUT2D eigenvalue weighted by Gasteiger charge is -2.07. The van der Waals surface area contributed by atoms with Gasteiger partial charge in [0.15, 0.2) is 0 Å². The molecule has 0 amide bonds. The van der Waals surface area contributed by atoms with Crippen LogP contribution in [0, 0.1) is 0 Å². The van der Waals surface area contributed by atoms with E-state index in [0.717, 1.165) is 5.56 Å². The van der Waals surface area contributed by atoms with E-state index >= 15 is 0 Å². The predicted molar refractivity (Wildman–Crippen MR) is 70.9 cm³/mol. The predicted octanol–water partition coefficient (Wildman–Crippen LogP) is 1.69. The smallest absolute Gasteiger partial charge is 0.232 e. The van der Waals surface area contributed by atoms with Gasteiger partial charge in [-0.25, -0.2) is 8.42 Å². The molecular formula is C12H15N3O2S. The van der Waals surface area contributed by atoms with E-state index in [1.54, 1.807) is 25.3 Å². The van der Waals surface area contributed by atoms with Gasteiger partial charge in [0, 0.05) is 18.1 Å². The summed E-state index contributed by atoms with van der Waals surface area (Å²) < 4.78 is 27.1. The van der Waals surface area contributed by atoms with E-state index in [9.17, 15) is 8.42 Å². The van der Waals surface area contributed by atoms with Crippen LogP contribution < -0.4 is 4.72 Å². The number of anilines is 1. The number of hydrogen-bond donors (Lipinski definition) is 1. The first-order chi connectivity index (χ1) is 8.59. The fraction of sp³-hybridized carbons (Fsp3) is 0.250. The molecular weight excluding hydrogens is 250 g/mol. The molecule has 1 aromatic heterocycles. The van der Waals surface area contributed by atoms with Gasteiger partial charge in [0.2, 0.25) is 10.0 Å². The Morgan fingerprint density at radius 2 is 2.00 bits per heavy atom. The van der Waals surface area contributed by atoms with Crippen LogP contribution in [0.15, 0.2) is 42.7 Å². The van der Waals surface area contributed by atoms with Gasteiger partial charge >= 0.3 is 0 Å². The largest absolute Gasteiger partial charge is 0.284 e. The molecule has 0 aliphatic carbocycles. The van der Waals surface area contributed by atoms with Gasteiger partial charge in [-0.3, -0.25) is 9.40 Å². The maximum atomic E-state index is 11.4. The second kappa shape index (κ2) is 5.22. The van der Waals surface area contributed by atoms with Gasteiger partial charge < -0.3 is 0 Å². The lowest BCUT2D eigenvalue weighted by atomic mass is 10.2. The molecule has 0 saturated carbocycles. The van der Waals surface area contributed by atoms with Crippen LogP contribution >= 0.6 is 0 Å². The molecule has 0 atom stereocenters. The highest BCUT2D eigenvalue weighted by molar-refractivity contribution is 7.92. The average Bonchev–Trinajstić information content (AvgIpc) is 2.84. The Labute approximate surface area is 107 Å². The zero-order chi connectivity index (χ0) is 13.0. The number of hydrogen-bond acceptors (Lipinski definition) is 3. The normalized spacial score (nSPS) is 11.4. The molecule has 1 heterocycles. The van der Waals surface area contributed by atoms with Crippen LogP contribution in [0.5, 0.6) is 0 Å². The SMILES string of the molecule is CCS(=O)(=O)Nc1ccc(Cn2cccn2)cc1. The summed E-state index contributed by atoms with van der Waals surface area (Å²) >= 11 is 0. The molecule has 18 heavy (non-hydrogen) atoms. The van der Waals surface area contributed by atoms with Gasteiger partial charge in [-0.2, -0.15) is 5.10 Å². The summed E-state index contributed by atoms with van der Waals surface area (Å²) in [5, 5.41) is 4.11. The highest BCUT2D eigenvalue weighted by Gasteiger charge is 2.06. The Balaban J connectivity index is 2.06. The summed E-state index contributed by atoms with van der Waals surface area (Å²) in [5.74, 6) is 0.0715. The highest BCUT2D eigenvalue weighted by Crippen LogP contribution is 2.12. The van der Waals surface area contributed by atoms with Crippen LogP contribution in [0.4, 0.5) is 5.69 Å². The number of rotatable bonds is 5. The van der Waals surface area contributed by atoms with Crippen molar-refractivity contribution in [2.45, 2.75) is 13.5 Å². The Kier molecular flexibility index (Phi) is 3.66. The Bertz CT molecular complexity index is 589. The van der Waals surface area contributed by atoms with Crippen LogP contribution in [0.1, 0.15) is 12.5 Å². The van der Waals surface area contributed by atoms with Crippen molar-refractivity contribution in [1.82, 2.24) is 9.78 Å². The van der Waals surface area contributed by atoms with E-state index in [2.05, 4.69) is 9.82 Å². The van der Waals surface area contributed by atoms with Crippen molar-refractivity contribution < 1.29 is 8.42 Å². The van der Waals surface area contributed by atoms with E-state index in [-0.39, 0.29) is 5.75 Å². The molecule has 0 fully saturated rings. The third-order valence-corrected chi connectivity index (χ3v) is 3.82. The van der Waals surface area contributed by atoms with Crippen LogP contribution in [-0.2, 0) is 16.6 Å². The first kappa shape index (κ1) is 12.6. The molecule has 0 unspecified atom stereocenters. The fourth-order valence-corrected chi connectivity index (χ4v) is 2.15. The van der Waals surface area contributed by atoms with Crippen molar-refractivity contribution in [3.8, 4) is 0 Å². The van der Waals surface area contributed by atoms with Crippen molar-refractivity contribution in [3.63, 3.8) is 0 Å². The molecule has 0 aliphatic rings. The number of benzene rings is 1. The average molecular weight is 265 g/mol. The lowest BCUT2D eigenvalue weighted by molar-refractivity contribution is 0.602. The minimum absolute atomic E-state index is 0.0715. The van der Waals surface area contributed by atoms with E-state index in [0.29, 0.717) is 12.2 Å². The third-order valence-electron chi connectivity index (χ3n) is 2.51. The number of aromatic nitrogens is 2. The summed E-state index contributed by atoms with van der Waals surface area (Å²) in [7, 11) is -3.20. The standard InChI is InChI=1S/C12H15N3O2S/c1-2-18(16,17)14-12-6-4-11(5-7-12)10-15-9-3-8-13-15/h3-9,14H,2,10H2,1H3. The Hall–Kier alpha value is -1.82. The van der Waals surface area contributed by atoms with E-state index in [1.807, 2.05) is 29.1 Å². The summed E-state index contributed by atoms with van der Waals surface area (Å²) in [5.41, 5.74) is 1.65. The summed E-state index contributed by atoms with van der Waals surface area (Å²) in [6.07, 6.45) is 3.61. The van der Waals surface area contributed by atoms with Gasteiger partial charge in [-0.1, -0.05) is 12.1 Å². The number of nitrogens with zero attached hydrogens (tertiary/aromatic N) is 2. The topological polar surface area (TPSA) is 64.0 Å². The van der Waals surface area contributed by atoms with Crippen molar-refractivity contribution >= 4 is 15.7 Å². The molecule has 1 N–H and O–H groups in total. The molecule has 0 radical (unpaired) electrons. The fourth-order valence-electron chi connectivity index (χ4n) is 1.51. The maximum Gasteiger partial charge on any atom is 0.232 e. The summed E-state index contributed by atoms with van der Waals surface area (Å²) in [6, 6.07) is 9.15. The molecule has 1 aromatic carbocycles. The third kappa shape index (κ3) is 3.33. The molecule has 5 nitrogen and oxygen atoms in total. The summed E-state index contributed by atoms with van der Waals surface area (Å²) in [4.78, 5) is 0. The Morgan fingerprint density at radius 1 is 1.28 bits per heavy atom. The van der Waals surface area contributed by atoms with Crippen LogP contribution in [0.25, 0.3) is 0 Å². The van der Waals surface area contributed by atoms with Crippen molar-refractivity contribution in [3.05, 3.63) is 48.3 Å². The quantitative estimate of drug-likeness (QED) is 0.894. The van der Waals surface area contributed by atoms with Crippen LogP contribution in [-0.4, -0.2) is 24.0 Å². The van der Waals surface area contributed by atoms with Crippen molar-refractivity contribution in [2.75, 3.05) is 10.5 Å². The monoisotopic (exact) mass is 265 g/mol. The molecule has 0 saturated heterocycles. The van der Waals surface area contributed by atoms with Crippen molar-refractivity contribution in [2.24, 2.45) is 0 Å². The summed E-state index contributed by atoms with van der Waals surface area (Å²) in [6.45, 7) is 2.28. The van der Waals surface area contributed by atoms with Gasteiger partial charge in [-0.05, 0) is 30.7 Å². The molecule has 96 valence electrons. The molecule has 0 spiro atoms. The van der Waals surface area contributed by atoms with Gasteiger partial charge in [0.25, 0.3) is 0 Å². The molecule has 6 heteroatoms. The van der Waals surface area contributed by atoms with Gasteiger partial charge in [0.05, 0.1) is 12.3 Å². The second-order valence-electron chi connectivity index (χ2n) is 3.91. The van der Waals surface area contributed by atoms with E-state index in [4.69, 9.17) is 0 Å². The van der Waals surface area contributed by atoms with E-state index < -0.39 is 10.0 Å². The zero-order valence-corrected chi connectivity index (χ0v) is 10.9. The molecule has 2 rings (SSSR count). The molecule has 2 aromatic rings. The van der Waals surface area contributed by atoms with Crippen LogP contribution in [0.2, 0.25) is 0 Å². The van der Waals surface area contributed by atoms with Gasteiger partial charge in [-0.15, -0.1) is 0 Å². The number of nitrogens with one attached hydrogen (secondary N) is 1. The van der Waals surface area contributed by atoms with E-state index in [1.165, 1.54) is 0 Å². The Morgan fingerprint density at radius 3 is 2.56 bits per heavy atom. The zero-order valence-electron chi connectivity index (χ0n) is 10.1. The van der Waals surface area contributed by atoms with Crippen LogP contribution in [0.3, 0.4) is 0 Å². The first-order valence-corrected chi connectivity index (χ1v) is 7.31. The second-order valence-corrected chi connectivity index (χ2v) is 5.92. The minimum atomic E-state index is -3.20. The minimum Gasteiger partial charge on any atom is -0.284 e.